The number of nitrogens with one attached hydrogen (secondary N) is 2. The number of carbonyl (C=O) groups excluding carboxylic acids is 1. The van der Waals surface area contributed by atoms with E-state index in [2.05, 4.69) is 64.6 Å². The van der Waals surface area contributed by atoms with E-state index in [0.29, 0.717) is 23.8 Å². The maximum atomic E-state index is 14.6. The largest absolute Gasteiger partial charge is 0.339 e. The standard InChI is InChI=1S/C32H43N3O/c1-2-26-15-16-27-29(34-26)14-9-18-32(27)22-33-21-28(32)31(36)35-19-17-25(23-10-5-3-6-11-23)20-30(35)24-12-7-4-8-13-24/h3,5-6,10-11,15-16,24-25,28,30,33H,2,4,7-9,12-14,17-22H2,1H3/p+1/t25-,28?,30+,32?/m1/s1. The molecule has 4 atom stereocenters. The second-order valence-corrected chi connectivity index (χ2v) is 12.1. The molecule has 1 saturated carbocycles. The quantitative estimate of drug-likeness (QED) is 0.645. The summed E-state index contributed by atoms with van der Waals surface area (Å²) in [7, 11) is 0. The lowest BCUT2D eigenvalue weighted by atomic mass is 9.64. The third-order valence-corrected chi connectivity index (χ3v) is 10.2. The lowest BCUT2D eigenvalue weighted by molar-refractivity contribution is -0.404. The third kappa shape index (κ3) is 4.30. The zero-order chi connectivity index (χ0) is 24.5. The number of aromatic nitrogens is 1. The van der Waals surface area contributed by atoms with E-state index in [1.165, 1.54) is 61.0 Å². The molecule has 3 fully saturated rings. The number of aromatic amines is 1. The molecular weight excluding hydrogens is 442 g/mol. The van der Waals surface area contributed by atoms with E-state index in [1.807, 2.05) is 0 Å². The summed E-state index contributed by atoms with van der Waals surface area (Å²) in [6, 6.07) is 16.1. The van der Waals surface area contributed by atoms with Gasteiger partial charge in [-0.2, -0.15) is 0 Å². The lowest BCUT2D eigenvalue weighted by Crippen LogP contribution is -2.55. The first-order chi connectivity index (χ1) is 17.7. The van der Waals surface area contributed by atoms with Gasteiger partial charge >= 0.3 is 0 Å². The van der Waals surface area contributed by atoms with Crippen LogP contribution >= 0.6 is 0 Å². The van der Waals surface area contributed by atoms with Gasteiger partial charge in [0.15, 0.2) is 11.4 Å². The number of rotatable bonds is 4. The molecule has 1 amide bonds. The fourth-order valence-corrected chi connectivity index (χ4v) is 8.26. The third-order valence-electron chi connectivity index (χ3n) is 10.2. The number of aryl methyl sites for hydroxylation is 2. The van der Waals surface area contributed by atoms with Crippen molar-refractivity contribution in [2.75, 3.05) is 19.6 Å². The Labute approximate surface area is 217 Å². The average Bonchev–Trinajstić information content (AvgIpc) is 3.37. The van der Waals surface area contributed by atoms with Gasteiger partial charge in [-0.05, 0) is 62.0 Å². The van der Waals surface area contributed by atoms with E-state index in [-0.39, 0.29) is 11.3 Å². The Kier molecular flexibility index (Phi) is 6.90. The van der Waals surface area contributed by atoms with Gasteiger partial charge < -0.3 is 10.2 Å². The van der Waals surface area contributed by atoms with Crippen molar-refractivity contribution in [2.24, 2.45) is 11.8 Å². The van der Waals surface area contributed by atoms with E-state index in [0.717, 1.165) is 51.7 Å². The molecule has 192 valence electrons. The topological polar surface area (TPSA) is 46.5 Å². The smallest absolute Gasteiger partial charge is 0.228 e. The summed E-state index contributed by atoms with van der Waals surface area (Å²) >= 11 is 0. The van der Waals surface area contributed by atoms with E-state index >= 15 is 0 Å². The van der Waals surface area contributed by atoms with Crippen LogP contribution in [0.2, 0.25) is 0 Å². The number of fused-ring (bicyclic) bond motifs is 2. The maximum absolute atomic E-state index is 14.6. The molecule has 1 spiro atoms. The molecule has 0 radical (unpaired) electrons. The van der Waals surface area contributed by atoms with Gasteiger partial charge in [-0.25, -0.2) is 4.98 Å². The number of benzene rings is 1. The van der Waals surface area contributed by atoms with Gasteiger partial charge in [0, 0.05) is 55.6 Å². The zero-order valence-electron chi connectivity index (χ0n) is 22.1. The van der Waals surface area contributed by atoms with Crippen LogP contribution in [0.3, 0.4) is 0 Å². The highest BCUT2D eigenvalue weighted by Gasteiger charge is 2.53. The number of amides is 1. The highest BCUT2D eigenvalue weighted by Crippen LogP contribution is 2.47. The summed E-state index contributed by atoms with van der Waals surface area (Å²) in [4.78, 5) is 20.7. The monoisotopic (exact) mass is 486 g/mol. The van der Waals surface area contributed by atoms with Crippen LogP contribution in [0.1, 0.15) is 93.1 Å². The second-order valence-electron chi connectivity index (χ2n) is 12.1. The summed E-state index contributed by atoms with van der Waals surface area (Å²) in [6.45, 7) is 4.89. The number of hydrogen-bond acceptors (Lipinski definition) is 2. The molecule has 4 nitrogen and oxygen atoms in total. The van der Waals surface area contributed by atoms with Crippen LogP contribution in [0, 0.1) is 11.8 Å². The van der Waals surface area contributed by atoms with Gasteiger partial charge in [0.1, 0.15) is 0 Å². The number of likely N-dealkylation sites (tertiary alicyclic amines) is 1. The van der Waals surface area contributed by atoms with Crippen LogP contribution in [-0.2, 0) is 23.1 Å². The van der Waals surface area contributed by atoms with Crippen LogP contribution in [0.25, 0.3) is 0 Å². The fourth-order valence-electron chi connectivity index (χ4n) is 8.26. The molecule has 3 heterocycles. The highest BCUT2D eigenvalue weighted by atomic mass is 16.2. The Morgan fingerprint density at radius 3 is 2.69 bits per heavy atom. The number of nitrogens with zero attached hydrogens (tertiary/aromatic N) is 1. The van der Waals surface area contributed by atoms with Gasteiger partial charge in [-0.3, -0.25) is 4.79 Å². The first-order valence-corrected chi connectivity index (χ1v) is 14.8. The highest BCUT2D eigenvalue weighted by molar-refractivity contribution is 5.82. The second kappa shape index (κ2) is 10.3. The zero-order valence-corrected chi connectivity index (χ0v) is 22.1. The van der Waals surface area contributed by atoms with Gasteiger partial charge in [-0.1, -0.05) is 56.5 Å². The number of piperidine rings is 1. The normalized spacial score (nSPS) is 30.9. The Bertz CT molecular complexity index is 1060. The summed E-state index contributed by atoms with van der Waals surface area (Å²) in [5, 5.41) is 3.69. The molecule has 2 unspecified atom stereocenters. The van der Waals surface area contributed by atoms with Gasteiger partial charge in [0.05, 0.1) is 5.92 Å². The summed E-state index contributed by atoms with van der Waals surface area (Å²) in [5.74, 6) is 1.74. The van der Waals surface area contributed by atoms with Crippen molar-refractivity contribution in [1.29, 1.82) is 0 Å². The summed E-state index contributed by atoms with van der Waals surface area (Å²) in [6.07, 6.45) is 13.3. The van der Waals surface area contributed by atoms with Crippen LogP contribution in [0.15, 0.2) is 42.5 Å². The van der Waals surface area contributed by atoms with Crippen molar-refractivity contribution in [2.45, 2.75) is 94.9 Å². The summed E-state index contributed by atoms with van der Waals surface area (Å²) in [5.41, 5.74) is 5.52. The van der Waals surface area contributed by atoms with Crippen LogP contribution in [0.4, 0.5) is 0 Å². The molecule has 2 aliphatic carbocycles. The average molecular weight is 487 g/mol. The molecule has 6 rings (SSSR count). The van der Waals surface area contributed by atoms with E-state index in [4.69, 9.17) is 0 Å². The first-order valence-electron chi connectivity index (χ1n) is 14.8. The van der Waals surface area contributed by atoms with Crippen molar-refractivity contribution in [3.63, 3.8) is 0 Å². The van der Waals surface area contributed by atoms with Crippen LogP contribution in [-0.4, -0.2) is 36.5 Å². The molecule has 36 heavy (non-hydrogen) atoms. The molecule has 1 aromatic carbocycles. The van der Waals surface area contributed by atoms with Crippen LogP contribution in [0.5, 0.6) is 0 Å². The molecule has 0 bridgehead atoms. The Morgan fingerprint density at radius 2 is 1.89 bits per heavy atom. The van der Waals surface area contributed by atoms with E-state index in [1.54, 1.807) is 0 Å². The van der Waals surface area contributed by atoms with Crippen LogP contribution < -0.4 is 10.3 Å². The van der Waals surface area contributed by atoms with E-state index < -0.39 is 0 Å². The molecule has 2 saturated heterocycles. The molecule has 1 aromatic heterocycles. The lowest BCUT2D eigenvalue weighted by Gasteiger charge is -2.47. The molecule has 2 aromatic rings. The molecule has 2 aliphatic heterocycles. The molecule has 2 N–H and O–H groups in total. The van der Waals surface area contributed by atoms with Crippen molar-refractivity contribution >= 4 is 5.91 Å². The predicted octanol–water partition coefficient (Wildman–Crippen LogP) is 5.21. The maximum Gasteiger partial charge on any atom is 0.228 e. The van der Waals surface area contributed by atoms with Gasteiger partial charge in [0.25, 0.3) is 0 Å². The SMILES string of the molecule is CCc1ccc2c([nH+]1)CCCC21CNCC1C(=O)N1CC[C@@H](c2ccccc2)C[C@H]1C1CCCCC1. The fraction of sp³-hybridized carbons (Fsp3) is 0.625. The molecule has 4 aliphatic rings. The number of H-pyrrole nitrogens is 1. The van der Waals surface area contributed by atoms with Crippen molar-refractivity contribution < 1.29 is 9.78 Å². The number of pyridine rings is 1. The first kappa shape index (κ1) is 24.2. The number of hydrogen-bond donors (Lipinski definition) is 1. The minimum atomic E-state index is -0.0547. The number of carbonyl (C=O) groups is 1. The minimum Gasteiger partial charge on any atom is -0.339 e. The van der Waals surface area contributed by atoms with Gasteiger partial charge in [0.2, 0.25) is 5.91 Å². The summed E-state index contributed by atoms with van der Waals surface area (Å²) < 4.78 is 0. The van der Waals surface area contributed by atoms with E-state index in [9.17, 15) is 4.79 Å². The van der Waals surface area contributed by atoms with Crippen molar-refractivity contribution in [1.82, 2.24) is 10.2 Å². The minimum absolute atomic E-state index is 0.0526. The molecule has 4 heteroatoms. The molecular formula is C32H44N3O+. The Balaban J connectivity index is 1.30. The Hall–Kier alpha value is -2.20. The predicted molar refractivity (Wildman–Crippen MR) is 144 cm³/mol. The van der Waals surface area contributed by atoms with Gasteiger partial charge in [-0.15, -0.1) is 0 Å². The van der Waals surface area contributed by atoms with Crippen molar-refractivity contribution in [3.05, 3.63) is 65.0 Å². The van der Waals surface area contributed by atoms with Crippen molar-refractivity contribution in [3.8, 4) is 0 Å². The Morgan fingerprint density at radius 1 is 1.06 bits per heavy atom.